The maximum atomic E-state index is 13.7. The highest BCUT2D eigenvalue weighted by atomic mass is 16.5. The molecule has 2 aromatic carbocycles. The van der Waals surface area contributed by atoms with Gasteiger partial charge in [0.15, 0.2) is 11.5 Å². The molecule has 2 aromatic rings. The summed E-state index contributed by atoms with van der Waals surface area (Å²) in [5.41, 5.74) is 1.56. The minimum absolute atomic E-state index is 0.0125. The molecule has 1 amide bonds. The van der Waals surface area contributed by atoms with Gasteiger partial charge >= 0.3 is 0 Å². The Morgan fingerprint density at radius 3 is 2.30 bits per heavy atom. The van der Waals surface area contributed by atoms with Crippen molar-refractivity contribution < 1.29 is 33.2 Å². The van der Waals surface area contributed by atoms with Crippen molar-refractivity contribution in [1.82, 2.24) is 10.2 Å². The van der Waals surface area contributed by atoms with E-state index in [1.807, 2.05) is 50.8 Å². The number of amides is 1. The van der Waals surface area contributed by atoms with Gasteiger partial charge in [-0.05, 0) is 63.6 Å². The van der Waals surface area contributed by atoms with Crippen molar-refractivity contribution in [2.24, 2.45) is 5.92 Å². The number of nitrogens with one attached hydrogen (secondary N) is 1. The predicted molar refractivity (Wildman–Crippen MR) is 155 cm³/mol. The molecular formula is C31H46N2O7. The summed E-state index contributed by atoms with van der Waals surface area (Å²) >= 11 is 0. The number of hydrogen-bond acceptors (Lipinski definition) is 8. The summed E-state index contributed by atoms with van der Waals surface area (Å²) in [5, 5.41) is 3.44. The minimum atomic E-state index is -0.0455. The first kappa shape index (κ1) is 31.5. The number of ether oxygens (including phenoxy) is 6. The molecule has 2 atom stereocenters. The molecule has 40 heavy (non-hydrogen) atoms. The number of carbonyl (C=O) groups is 1. The monoisotopic (exact) mass is 558 g/mol. The summed E-state index contributed by atoms with van der Waals surface area (Å²) in [6, 6.07) is 11.2. The van der Waals surface area contributed by atoms with Crippen LogP contribution in [0.1, 0.15) is 50.0 Å². The van der Waals surface area contributed by atoms with Gasteiger partial charge in [-0.25, -0.2) is 0 Å². The van der Waals surface area contributed by atoms with Crippen LogP contribution in [0.5, 0.6) is 23.0 Å². The fourth-order valence-electron chi connectivity index (χ4n) is 4.76. The Morgan fingerprint density at radius 1 is 0.950 bits per heavy atom. The maximum Gasteiger partial charge on any atom is 0.254 e. The van der Waals surface area contributed by atoms with Crippen LogP contribution in [0.15, 0.2) is 36.4 Å². The second kappa shape index (κ2) is 16.3. The van der Waals surface area contributed by atoms with Gasteiger partial charge in [0.05, 0.1) is 39.6 Å². The fourth-order valence-corrected chi connectivity index (χ4v) is 4.76. The smallest absolute Gasteiger partial charge is 0.254 e. The van der Waals surface area contributed by atoms with Gasteiger partial charge in [-0.15, -0.1) is 0 Å². The van der Waals surface area contributed by atoms with Crippen LogP contribution in [0, 0.1) is 5.92 Å². The quantitative estimate of drug-likeness (QED) is 0.283. The average molecular weight is 559 g/mol. The van der Waals surface area contributed by atoms with Crippen LogP contribution >= 0.6 is 0 Å². The highest BCUT2D eigenvalue weighted by Crippen LogP contribution is 2.30. The van der Waals surface area contributed by atoms with E-state index < -0.39 is 0 Å². The Morgan fingerprint density at radius 2 is 1.68 bits per heavy atom. The molecule has 0 spiro atoms. The zero-order chi connectivity index (χ0) is 28.9. The lowest BCUT2D eigenvalue weighted by atomic mass is 10.0. The molecule has 1 heterocycles. The van der Waals surface area contributed by atoms with Gasteiger partial charge in [-0.1, -0.05) is 0 Å². The normalized spacial score (nSPS) is 16.7. The Labute approximate surface area is 239 Å². The Kier molecular flexibility index (Phi) is 12.8. The zero-order valence-corrected chi connectivity index (χ0v) is 24.9. The van der Waals surface area contributed by atoms with Gasteiger partial charge in [-0.2, -0.15) is 0 Å². The molecule has 1 aliphatic heterocycles. The van der Waals surface area contributed by atoms with Crippen molar-refractivity contribution >= 4 is 5.91 Å². The molecule has 0 saturated carbocycles. The third kappa shape index (κ3) is 9.01. The average Bonchev–Trinajstić information content (AvgIpc) is 3.39. The summed E-state index contributed by atoms with van der Waals surface area (Å²) < 4.78 is 34.3. The lowest BCUT2D eigenvalue weighted by Crippen LogP contribution is -2.43. The van der Waals surface area contributed by atoms with E-state index in [-0.39, 0.29) is 24.0 Å². The van der Waals surface area contributed by atoms with Gasteiger partial charge in [-0.3, -0.25) is 4.79 Å². The van der Waals surface area contributed by atoms with Crippen molar-refractivity contribution in [2.45, 2.75) is 52.9 Å². The number of methoxy groups -OCH3 is 2. The van der Waals surface area contributed by atoms with Crippen LogP contribution in [0.2, 0.25) is 0 Å². The molecule has 9 heteroatoms. The van der Waals surface area contributed by atoms with Gasteiger partial charge in [0.1, 0.15) is 11.5 Å². The number of benzene rings is 2. The lowest BCUT2D eigenvalue weighted by molar-refractivity contribution is 0.0127. The Bertz CT molecular complexity index is 1040. The van der Waals surface area contributed by atoms with E-state index in [4.69, 9.17) is 28.4 Å². The zero-order valence-electron chi connectivity index (χ0n) is 24.9. The molecular weight excluding hydrogens is 512 g/mol. The lowest BCUT2D eigenvalue weighted by Gasteiger charge is -2.31. The van der Waals surface area contributed by atoms with E-state index in [1.165, 1.54) is 0 Å². The van der Waals surface area contributed by atoms with E-state index in [1.54, 1.807) is 32.4 Å². The fraction of sp³-hybridized carbons (Fsp3) is 0.581. The second-order valence-corrected chi connectivity index (χ2v) is 10.1. The molecule has 0 bridgehead atoms. The van der Waals surface area contributed by atoms with Crippen LogP contribution in [-0.2, 0) is 16.1 Å². The molecule has 1 aliphatic rings. The molecule has 1 saturated heterocycles. The van der Waals surface area contributed by atoms with Gasteiger partial charge in [0.25, 0.3) is 5.91 Å². The summed E-state index contributed by atoms with van der Waals surface area (Å²) in [7, 11) is 3.26. The van der Waals surface area contributed by atoms with Crippen LogP contribution in [-0.4, -0.2) is 83.2 Å². The second-order valence-electron chi connectivity index (χ2n) is 10.1. The first-order chi connectivity index (χ1) is 19.4. The van der Waals surface area contributed by atoms with Gasteiger partial charge in [0, 0.05) is 63.4 Å². The van der Waals surface area contributed by atoms with Crippen LogP contribution in [0.25, 0.3) is 0 Å². The number of carbonyl (C=O) groups excluding carboxylic acids is 1. The van der Waals surface area contributed by atoms with Crippen molar-refractivity contribution in [2.75, 3.05) is 60.3 Å². The standard InChI is InChI=1S/C31H46N2O7/c1-7-37-26-14-23(15-27(17-26)38-8-2)21-40-30-19-32-18-25(30)20-33(22(3)4)31(34)24-10-11-28(36-6)29(16-24)39-13-9-12-35-5/h10-11,14-17,22,25,30,32H,7-9,12-13,18-21H2,1-6H3/t25-,30+/m0/s1. The number of nitrogens with zero attached hydrogens (tertiary/aromatic N) is 1. The van der Waals surface area contributed by atoms with Crippen molar-refractivity contribution in [3.8, 4) is 23.0 Å². The summed E-state index contributed by atoms with van der Waals surface area (Å²) in [5.74, 6) is 2.79. The predicted octanol–water partition coefficient (Wildman–Crippen LogP) is 4.56. The van der Waals surface area contributed by atoms with Gasteiger partial charge < -0.3 is 38.6 Å². The highest BCUT2D eigenvalue weighted by Gasteiger charge is 2.32. The molecule has 1 N–H and O–H groups in total. The van der Waals surface area contributed by atoms with Crippen LogP contribution < -0.4 is 24.3 Å². The molecule has 0 aromatic heterocycles. The van der Waals surface area contributed by atoms with Crippen LogP contribution in [0.4, 0.5) is 0 Å². The van der Waals surface area contributed by atoms with Crippen LogP contribution in [0.3, 0.4) is 0 Å². The highest BCUT2D eigenvalue weighted by molar-refractivity contribution is 5.95. The minimum Gasteiger partial charge on any atom is -0.494 e. The first-order valence-corrected chi connectivity index (χ1v) is 14.2. The van der Waals surface area contributed by atoms with E-state index in [9.17, 15) is 4.79 Å². The largest absolute Gasteiger partial charge is 0.494 e. The molecule has 0 aliphatic carbocycles. The van der Waals surface area contributed by atoms with Crippen molar-refractivity contribution in [1.29, 1.82) is 0 Å². The Balaban J connectivity index is 1.68. The summed E-state index contributed by atoms with van der Waals surface area (Å²) in [6.45, 7) is 12.8. The Hall–Kier alpha value is -3.01. The molecule has 0 unspecified atom stereocenters. The van der Waals surface area contributed by atoms with E-state index >= 15 is 0 Å². The van der Waals surface area contributed by atoms with E-state index in [0.29, 0.717) is 56.6 Å². The third-order valence-corrected chi connectivity index (χ3v) is 6.78. The molecule has 1 fully saturated rings. The molecule has 0 radical (unpaired) electrons. The molecule has 3 rings (SSSR count). The number of hydrogen-bond donors (Lipinski definition) is 1. The SMILES string of the molecule is CCOc1cc(CO[C@@H]2CNC[C@H]2CN(C(=O)c2ccc(OC)c(OCCCOC)c2)C(C)C)cc(OCC)c1. The third-order valence-electron chi connectivity index (χ3n) is 6.78. The van der Waals surface area contributed by atoms with Gasteiger partial charge in [0.2, 0.25) is 0 Å². The first-order valence-electron chi connectivity index (χ1n) is 14.2. The molecule has 9 nitrogen and oxygen atoms in total. The number of rotatable bonds is 17. The van der Waals surface area contributed by atoms with E-state index in [2.05, 4.69) is 5.32 Å². The summed E-state index contributed by atoms with van der Waals surface area (Å²) in [4.78, 5) is 15.6. The maximum absolute atomic E-state index is 13.7. The van der Waals surface area contributed by atoms with Crippen molar-refractivity contribution in [3.05, 3.63) is 47.5 Å². The van der Waals surface area contributed by atoms with Crippen molar-refractivity contribution in [3.63, 3.8) is 0 Å². The summed E-state index contributed by atoms with van der Waals surface area (Å²) in [6.07, 6.45) is 0.713. The topological polar surface area (TPSA) is 87.7 Å². The molecule has 222 valence electrons. The van der Waals surface area contributed by atoms with E-state index in [0.717, 1.165) is 36.6 Å².